The van der Waals surface area contributed by atoms with Gasteiger partial charge in [-0.3, -0.25) is 0 Å². The summed E-state index contributed by atoms with van der Waals surface area (Å²) in [5.74, 6) is -0.317. The number of rotatable bonds is 5. The summed E-state index contributed by atoms with van der Waals surface area (Å²) in [7, 11) is 0. The standard InChI is InChI=1S/C12H16FN3S/c1-3-4-11(8(2)17)16-12-10(13)5-9(6-14)7-15-12/h5,7-8,11,17H,3-4H2,1-2H3,(H,15,16). The van der Waals surface area contributed by atoms with Crippen LogP contribution in [-0.2, 0) is 0 Å². The molecule has 0 aromatic carbocycles. The van der Waals surface area contributed by atoms with Gasteiger partial charge >= 0.3 is 0 Å². The molecule has 0 bridgehead atoms. The minimum absolute atomic E-state index is 0.0678. The van der Waals surface area contributed by atoms with E-state index in [-0.39, 0.29) is 22.7 Å². The number of nitrogens with zero attached hydrogens (tertiary/aromatic N) is 2. The minimum Gasteiger partial charge on any atom is -0.364 e. The number of nitriles is 1. The van der Waals surface area contributed by atoms with Crippen molar-refractivity contribution < 1.29 is 4.39 Å². The number of aromatic nitrogens is 1. The third-order valence-electron chi connectivity index (χ3n) is 2.47. The highest BCUT2D eigenvalue weighted by Gasteiger charge is 2.15. The van der Waals surface area contributed by atoms with Crippen LogP contribution in [0.3, 0.4) is 0 Å². The first kappa shape index (κ1) is 13.8. The molecule has 1 N–H and O–H groups in total. The van der Waals surface area contributed by atoms with E-state index in [9.17, 15) is 4.39 Å². The van der Waals surface area contributed by atoms with E-state index in [1.165, 1.54) is 12.3 Å². The SMILES string of the molecule is CCCC(Nc1ncc(C#N)cc1F)C(C)S. The third-order valence-corrected chi connectivity index (χ3v) is 2.83. The van der Waals surface area contributed by atoms with E-state index in [4.69, 9.17) is 5.26 Å². The average Bonchev–Trinajstić information content (AvgIpc) is 2.30. The van der Waals surface area contributed by atoms with Gasteiger partial charge in [0.15, 0.2) is 11.6 Å². The lowest BCUT2D eigenvalue weighted by atomic mass is 10.1. The van der Waals surface area contributed by atoms with E-state index in [1.54, 1.807) is 0 Å². The largest absolute Gasteiger partial charge is 0.364 e. The van der Waals surface area contributed by atoms with Gasteiger partial charge in [0, 0.05) is 17.5 Å². The highest BCUT2D eigenvalue weighted by molar-refractivity contribution is 7.81. The van der Waals surface area contributed by atoms with Gasteiger partial charge in [0.05, 0.1) is 5.56 Å². The van der Waals surface area contributed by atoms with E-state index in [1.807, 2.05) is 13.0 Å². The van der Waals surface area contributed by atoms with Crippen molar-refractivity contribution in [3.63, 3.8) is 0 Å². The molecule has 5 heteroatoms. The Hall–Kier alpha value is -1.28. The van der Waals surface area contributed by atoms with Crippen molar-refractivity contribution in [2.24, 2.45) is 0 Å². The lowest BCUT2D eigenvalue weighted by molar-refractivity contribution is 0.599. The zero-order chi connectivity index (χ0) is 12.8. The van der Waals surface area contributed by atoms with Gasteiger partial charge in [-0.2, -0.15) is 17.9 Å². The minimum atomic E-state index is -0.501. The van der Waals surface area contributed by atoms with Crippen molar-refractivity contribution in [3.05, 3.63) is 23.6 Å². The second kappa shape index (κ2) is 6.45. The van der Waals surface area contributed by atoms with Gasteiger partial charge in [-0.05, 0) is 12.5 Å². The van der Waals surface area contributed by atoms with Crippen molar-refractivity contribution in [1.29, 1.82) is 5.26 Å². The highest BCUT2D eigenvalue weighted by Crippen LogP contribution is 2.17. The van der Waals surface area contributed by atoms with Crippen LogP contribution < -0.4 is 5.32 Å². The fourth-order valence-electron chi connectivity index (χ4n) is 1.53. The van der Waals surface area contributed by atoms with Crippen LogP contribution in [0.4, 0.5) is 10.2 Å². The molecule has 2 unspecified atom stereocenters. The predicted octanol–water partition coefficient (Wildman–Crippen LogP) is 2.99. The van der Waals surface area contributed by atoms with E-state index < -0.39 is 5.82 Å². The van der Waals surface area contributed by atoms with E-state index >= 15 is 0 Å². The number of thiol groups is 1. The summed E-state index contributed by atoms with van der Waals surface area (Å²) in [6, 6.07) is 3.10. The molecule has 1 rings (SSSR count). The number of pyridine rings is 1. The zero-order valence-corrected chi connectivity index (χ0v) is 10.8. The Bertz CT molecular complexity index is 415. The molecule has 1 heterocycles. The molecule has 0 fully saturated rings. The molecule has 1 aromatic rings. The number of nitrogens with one attached hydrogen (secondary N) is 1. The molecule has 0 saturated carbocycles. The fraction of sp³-hybridized carbons (Fsp3) is 0.500. The molecule has 0 aliphatic heterocycles. The van der Waals surface area contributed by atoms with Gasteiger partial charge in [-0.15, -0.1) is 0 Å². The maximum Gasteiger partial charge on any atom is 0.166 e. The number of hydrogen-bond donors (Lipinski definition) is 2. The molecule has 1 aromatic heterocycles. The van der Waals surface area contributed by atoms with Gasteiger partial charge < -0.3 is 5.32 Å². The first-order valence-electron chi connectivity index (χ1n) is 5.58. The Morgan fingerprint density at radius 3 is 2.82 bits per heavy atom. The molecule has 0 radical (unpaired) electrons. The quantitative estimate of drug-likeness (QED) is 0.793. The molecular weight excluding hydrogens is 237 g/mol. The monoisotopic (exact) mass is 253 g/mol. The number of halogens is 1. The number of anilines is 1. The Kier molecular flexibility index (Phi) is 5.23. The van der Waals surface area contributed by atoms with E-state index in [0.717, 1.165) is 12.8 Å². The zero-order valence-electron chi connectivity index (χ0n) is 9.94. The van der Waals surface area contributed by atoms with Crippen LogP contribution in [0.25, 0.3) is 0 Å². The van der Waals surface area contributed by atoms with Gasteiger partial charge in [-0.25, -0.2) is 9.37 Å². The van der Waals surface area contributed by atoms with Crippen molar-refractivity contribution in [1.82, 2.24) is 4.98 Å². The Morgan fingerprint density at radius 2 is 2.35 bits per heavy atom. The summed E-state index contributed by atoms with van der Waals surface area (Å²) in [4.78, 5) is 3.91. The highest BCUT2D eigenvalue weighted by atomic mass is 32.1. The predicted molar refractivity (Wildman–Crippen MR) is 69.7 cm³/mol. The molecule has 3 nitrogen and oxygen atoms in total. The maximum atomic E-state index is 13.6. The molecule has 2 atom stereocenters. The number of hydrogen-bond acceptors (Lipinski definition) is 4. The summed E-state index contributed by atoms with van der Waals surface area (Å²) < 4.78 is 13.6. The van der Waals surface area contributed by atoms with Crippen molar-refractivity contribution >= 4 is 18.4 Å². The molecule has 92 valence electrons. The molecule has 0 amide bonds. The van der Waals surface area contributed by atoms with Crippen molar-refractivity contribution in [2.75, 3.05) is 5.32 Å². The van der Waals surface area contributed by atoms with Gasteiger partial charge in [0.1, 0.15) is 6.07 Å². The van der Waals surface area contributed by atoms with Gasteiger partial charge in [-0.1, -0.05) is 20.3 Å². The van der Waals surface area contributed by atoms with E-state index in [2.05, 4.69) is 29.9 Å². The second-order valence-electron chi connectivity index (χ2n) is 3.95. The first-order valence-corrected chi connectivity index (χ1v) is 6.10. The Labute approximate surface area is 106 Å². The lowest BCUT2D eigenvalue weighted by Gasteiger charge is -2.21. The smallest absolute Gasteiger partial charge is 0.166 e. The molecule has 0 aliphatic rings. The summed E-state index contributed by atoms with van der Waals surface area (Å²) in [6.45, 7) is 4.02. The normalized spacial score (nSPS) is 13.8. The van der Waals surface area contributed by atoms with Crippen LogP contribution in [0.15, 0.2) is 12.3 Å². The second-order valence-corrected chi connectivity index (χ2v) is 4.76. The van der Waals surface area contributed by atoms with Crippen LogP contribution in [-0.4, -0.2) is 16.3 Å². The van der Waals surface area contributed by atoms with Crippen molar-refractivity contribution in [3.8, 4) is 6.07 Å². The van der Waals surface area contributed by atoms with Gasteiger partial charge in [0.25, 0.3) is 0 Å². The van der Waals surface area contributed by atoms with Crippen molar-refractivity contribution in [2.45, 2.75) is 38.0 Å². The van der Waals surface area contributed by atoms with Crippen LogP contribution in [0, 0.1) is 17.1 Å². The summed E-state index contributed by atoms with van der Waals surface area (Å²) >= 11 is 4.37. The summed E-state index contributed by atoms with van der Waals surface area (Å²) in [5.41, 5.74) is 0.221. The fourth-order valence-corrected chi connectivity index (χ4v) is 1.75. The molecular formula is C12H16FN3S. The van der Waals surface area contributed by atoms with Crippen LogP contribution >= 0.6 is 12.6 Å². The van der Waals surface area contributed by atoms with Crippen LogP contribution in [0.5, 0.6) is 0 Å². The first-order chi connectivity index (χ1) is 8.08. The summed E-state index contributed by atoms with van der Waals surface area (Å²) in [5, 5.41) is 11.7. The topological polar surface area (TPSA) is 48.7 Å². The van der Waals surface area contributed by atoms with E-state index in [0.29, 0.717) is 0 Å². The third kappa shape index (κ3) is 3.90. The summed E-state index contributed by atoms with van der Waals surface area (Å²) in [6.07, 6.45) is 3.24. The van der Waals surface area contributed by atoms with Crippen LogP contribution in [0.1, 0.15) is 32.3 Å². The molecule has 0 aliphatic carbocycles. The molecule has 0 spiro atoms. The Morgan fingerprint density at radius 1 is 1.65 bits per heavy atom. The molecule has 17 heavy (non-hydrogen) atoms. The van der Waals surface area contributed by atoms with Crippen LogP contribution in [0.2, 0.25) is 0 Å². The Balaban J connectivity index is 2.83. The van der Waals surface area contributed by atoms with Gasteiger partial charge in [0.2, 0.25) is 0 Å². The average molecular weight is 253 g/mol. The molecule has 0 saturated heterocycles. The maximum absolute atomic E-state index is 13.6. The lowest BCUT2D eigenvalue weighted by Crippen LogP contribution is -2.28.